The first-order chi connectivity index (χ1) is 18.9. The molecule has 2 atom stereocenters. The number of carbonyl (C=O) groups is 3. The van der Waals surface area contributed by atoms with Crippen LogP contribution in [0, 0.1) is 25.2 Å². The van der Waals surface area contributed by atoms with Crippen molar-refractivity contribution in [2.75, 3.05) is 24.5 Å². The van der Waals surface area contributed by atoms with Crippen molar-refractivity contribution in [3.8, 4) is 5.75 Å². The van der Waals surface area contributed by atoms with Crippen LogP contribution < -0.4 is 15.0 Å². The quantitative estimate of drug-likeness (QED) is 0.559. The summed E-state index contributed by atoms with van der Waals surface area (Å²) in [5, 5.41) is 3.11. The van der Waals surface area contributed by atoms with Crippen molar-refractivity contribution >= 4 is 23.4 Å². The standard InChI is InChI=1S/C30H34F3N3O4/c1-19-4-3-5-20(2)27(19)36-18-22(17-26(36)38)28(39)35-14-12-29(13-15-35)11-10-24(29)34-25(37)16-21-6-8-23(9-7-21)40-30(31,32)33/h3-9,22,24H,10-18H2,1-2H3,(H,34,37). The second-order valence-corrected chi connectivity index (χ2v) is 11.4. The van der Waals surface area contributed by atoms with Gasteiger partial charge in [-0.25, -0.2) is 0 Å². The minimum Gasteiger partial charge on any atom is -0.406 e. The average Bonchev–Trinajstić information content (AvgIpc) is 3.27. The molecule has 0 aromatic heterocycles. The van der Waals surface area contributed by atoms with E-state index < -0.39 is 6.36 Å². The number of para-hydroxylation sites is 1. The molecular formula is C30H34F3N3O4. The van der Waals surface area contributed by atoms with Crippen LogP contribution in [0.5, 0.6) is 5.75 Å². The van der Waals surface area contributed by atoms with Crippen LogP contribution in [0.25, 0.3) is 0 Å². The maximum atomic E-state index is 13.4. The number of benzene rings is 2. The topological polar surface area (TPSA) is 79.0 Å². The Kier molecular flexibility index (Phi) is 7.54. The van der Waals surface area contributed by atoms with E-state index in [1.165, 1.54) is 24.3 Å². The molecule has 10 heteroatoms. The monoisotopic (exact) mass is 557 g/mol. The summed E-state index contributed by atoms with van der Waals surface area (Å²) in [4.78, 5) is 42.6. The van der Waals surface area contributed by atoms with Gasteiger partial charge in [-0.05, 0) is 73.8 Å². The number of anilines is 1. The van der Waals surface area contributed by atoms with Crippen molar-refractivity contribution in [2.24, 2.45) is 11.3 Å². The normalized spacial score (nSPS) is 22.3. The number of hydrogen-bond donors (Lipinski definition) is 1. The zero-order valence-electron chi connectivity index (χ0n) is 22.7. The van der Waals surface area contributed by atoms with Gasteiger partial charge in [-0.1, -0.05) is 30.3 Å². The lowest BCUT2D eigenvalue weighted by atomic mass is 9.59. The van der Waals surface area contributed by atoms with E-state index in [1.807, 2.05) is 36.9 Å². The SMILES string of the molecule is Cc1cccc(C)c1N1CC(C(=O)N2CCC3(CCC3NC(=O)Cc3ccc(OC(F)(F)F)cc3)CC2)CC1=O. The Morgan fingerprint density at radius 2 is 1.68 bits per heavy atom. The van der Waals surface area contributed by atoms with E-state index in [-0.39, 0.29) is 53.7 Å². The second-order valence-electron chi connectivity index (χ2n) is 11.4. The van der Waals surface area contributed by atoms with Crippen LogP contribution in [0.4, 0.5) is 18.9 Å². The van der Waals surface area contributed by atoms with E-state index in [0.29, 0.717) is 25.2 Å². The highest BCUT2D eigenvalue weighted by molar-refractivity contribution is 6.01. The molecule has 3 aliphatic rings. The number of nitrogens with zero attached hydrogens (tertiary/aromatic N) is 2. The third kappa shape index (κ3) is 5.81. The summed E-state index contributed by atoms with van der Waals surface area (Å²) in [6.45, 7) is 5.55. The predicted octanol–water partition coefficient (Wildman–Crippen LogP) is 4.69. The average molecular weight is 558 g/mol. The van der Waals surface area contributed by atoms with E-state index >= 15 is 0 Å². The number of aryl methyl sites for hydroxylation is 2. The highest BCUT2D eigenvalue weighted by atomic mass is 19.4. The van der Waals surface area contributed by atoms with Crippen molar-refractivity contribution in [2.45, 2.75) is 64.8 Å². The van der Waals surface area contributed by atoms with Crippen LogP contribution in [-0.2, 0) is 20.8 Å². The van der Waals surface area contributed by atoms with Crippen LogP contribution in [0.3, 0.4) is 0 Å². The highest BCUT2D eigenvalue weighted by Gasteiger charge is 2.50. The molecule has 1 saturated carbocycles. The molecule has 2 aromatic rings. The molecule has 5 rings (SSSR count). The van der Waals surface area contributed by atoms with Gasteiger partial charge < -0.3 is 19.9 Å². The number of piperidine rings is 1. The number of halogens is 3. The van der Waals surface area contributed by atoms with E-state index in [2.05, 4.69) is 10.1 Å². The summed E-state index contributed by atoms with van der Waals surface area (Å²) in [6.07, 6.45) is -1.06. The summed E-state index contributed by atoms with van der Waals surface area (Å²) in [6, 6.07) is 11.2. The van der Waals surface area contributed by atoms with Crippen molar-refractivity contribution < 1.29 is 32.3 Å². The Morgan fingerprint density at radius 3 is 2.25 bits per heavy atom. The smallest absolute Gasteiger partial charge is 0.406 e. The third-order valence-corrected chi connectivity index (χ3v) is 8.78. The Labute approximate surface area is 231 Å². The fourth-order valence-electron chi connectivity index (χ4n) is 6.51. The number of rotatable bonds is 6. The number of carbonyl (C=O) groups excluding carboxylic acids is 3. The van der Waals surface area contributed by atoms with Gasteiger partial charge in [-0.15, -0.1) is 13.2 Å². The number of hydrogen-bond acceptors (Lipinski definition) is 4. The number of amides is 3. The lowest BCUT2D eigenvalue weighted by Crippen LogP contribution is -2.60. The first-order valence-corrected chi connectivity index (χ1v) is 13.7. The Morgan fingerprint density at radius 1 is 1.02 bits per heavy atom. The summed E-state index contributed by atoms with van der Waals surface area (Å²) in [5.41, 5.74) is 3.49. The molecule has 214 valence electrons. The van der Waals surface area contributed by atoms with Gasteiger partial charge in [0.1, 0.15) is 5.75 Å². The molecule has 2 aliphatic heterocycles. The molecule has 2 saturated heterocycles. The summed E-state index contributed by atoms with van der Waals surface area (Å²) in [7, 11) is 0. The summed E-state index contributed by atoms with van der Waals surface area (Å²) < 4.78 is 41.0. The molecule has 2 aromatic carbocycles. The number of likely N-dealkylation sites (tertiary alicyclic amines) is 1. The van der Waals surface area contributed by atoms with E-state index in [1.54, 1.807) is 4.90 Å². The van der Waals surface area contributed by atoms with Gasteiger partial charge in [-0.2, -0.15) is 0 Å². The van der Waals surface area contributed by atoms with Crippen molar-refractivity contribution in [3.05, 3.63) is 59.2 Å². The van der Waals surface area contributed by atoms with Gasteiger partial charge in [0.2, 0.25) is 17.7 Å². The van der Waals surface area contributed by atoms with Crippen LogP contribution in [0.2, 0.25) is 0 Å². The lowest BCUT2D eigenvalue weighted by molar-refractivity contribution is -0.274. The molecule has 40 heavy (non-hydrogen) atoms. The van der Waals surface area contributed by atoms with Gasteiger partial charge in [0.25, 0.3) is 0 Å². The van der Waals surface area contributed by atoms with Gasteiger partial charge in [0.05, 0.1) is 12.3 Å². The zero-order valence-corrected chi connectivity index (χ0v) is 22.7. The molecule has 7 nitrogen and oxygen atoms in total. The van der Waals surface area contributed by atoms with Crippen molar-refractivity contribution in [1.82, 2.24) is 10.2 Å². The van der Waals surface area contributed by atoms with E-state index in [0.717, 1.165) is 42.5 Å². The molecule has 2 unspecified atom stereocenters. The van der Waals surface area contributed by atoms with Gasteiger partial charge in [-0.3, -0.25) is 14.4 Å². The molecule has 3 amide bonds. The van der Waals surface area contributed by atoms with Crippen molar-refractivity contribution in [3.63, 3.8) is 0 Å². The predicted molar refractivity (Wildman–Crippen MR) is 143 cm³/mol. The Balaban J connectivity index is 1.12. The molecule has 1 N–H and O–H groups in total. The van der Waals surface area contributed by atoms with Crippen LogP contribution in [-0.4, -0.2) is 54.7 Å². The van der Waals surface area contributed by atoms with Gasteiger partial charge in [0, 0.05) is 37.8 Å². The van der Waals surface area contributed by atoms with Gasteiger partial charge in [0.15, 0.2) is 0 Å². The number of nitrogens with one attached hydrogen (secondary N) is 1. The third-order valence-electron chi connectivity index (χ3n) is 8.78. The Bertz CT molecular complexity index is 1270. The second kappa shape index (κ2) is 10.8. The molecule has 2 heterocycles. The first kappa shape index (κ1) is 28.0. The zero-order chi connectivity index (χ0) is 28.7. The molecule has 0 radical (unpaired) electrons. The van der Waals surface area contributed by atoms with Crippen LogP contribution in [0.15, 0.2) is 42.5 Å². The number of ether oxygens (including phenoxy) is 1. The van der Waals surface area contributed by atoms with Crippen LogP contribution >= 0.6 is 0 Å². The largest absolute Gasteiger partial charge is 0.573 e. The Hall–Kier alpha value is -3.56. The summed E-state index contributed by atoms with van der Waals surface area (Å²) >= 11 is 0. The first-order valence-electron chi connectivity index (χ1n) is 13.7. The minimum atomic E-state index is -4.76. The number of alkyl halides is 3. The van der Waals surface area contributed by atoms with E-state index in [9.17, 15) is 27.6 Å². The fraction of sp³-hybridized carbons (Fsp3) is 0.500. The summed E-state index contributed by atoms with van der Waals surface area (Å²) in [5.74, 6) is -0.854. The molecular weight excluding hydrogens is 523 g/mol. The lowest BCUT2D eigenvalue weighted by Gasteiger charge is -2.54. The van der Waals surface area contributed by atoms with Crippen LogP contribution in [0.1, 0.15) is 48.8 Å². The molecule has 3 fully saturated rings. The molecule has 0 bridgehead atoms. The fourth-order valence-corrected chi connectivity index (χ4v) is 6.51. The molecule has 1 spiro atoms. The van der Waals surface area contributed by atoms with Gasteiger partial charge >= 0.3 is 6.36 Å². The maximum absolute atomic E-state index is 13.4. The molecule has 1 aliphatic carbocycles. The minimum absolute atomic E-state index is 0.0117. The highest BCUT2D eigenvalue weighted by Crippen LogP contribution is 2.49. The maximum Gasteiger partial charge on any atom is 0.573 e. The van der Waals surface area contributed by atoms with Crippen molar-refractivity contribution in [1.29, 1.82) is 0 Å². The van der Waals surface area contributed by atoms with E-state index in [4.69, 9.17) is 0 Å².